The van der Waals surface area contributed by atoms with Gasteiger partial charge in [0.15, 0.2) is 9.84 Å². The van der Waals surface area contributed by atoms with Crippen LogP contribution in [0.25, 0.3) is 10.2 Å². The Balaban J connectivity index is 1.61. The van der Waals surface area contributed by atoms with E-state index in [9.17, 15) is 13.2 Å². The van der Waals surface area contributed by atoms with Crippen molar-refractivity contribution in [2.45, 2.75) is 24.4 Å². The van der Waals surface area contributed by atoms with E-state index in [-0.39, 0.29) is 30.0 Å². The Labute approximate surface area is 156 Å². The van der Waals surface area contributed by atoms with Gasteiger partial charge in [-0.25, -0.2) is 13.4 Å². The van der Waals surface area contributed by atoms with Gasteiger partial charge in [-0.1, -0.05) is 12.1 Å². The standard InChI is InChI=1S/C16H20ClN3O3S2/c1-10(16-19-12-5-3-4-6-14(12)24-16)20(2)7-15(21)18-13-9-25(22,23)8-11(13)17/h3-6,10-11,13H,7-9H2,1-2H3,(H,18,21)/t10-,11-,13+/m0/s1. The number of halogens is 1. The minimum atomic E-state index is -3.16. The molecular formula is C16H20ClN3O3S2. The van der Waals surface area contributed by atoms with Crippen molar-refractivity contribution >= 4 is 48.9 Å². The molecule has 1 fully saturated rings. The first-order valence-electron chi connectivity index (χ1n) is 7.95. The van der Waals surface area contributed by atoms with Crippen LogP contribution in [0.2, 0.25) is 0 Å². The fourth-order valence-corrected chi connectivity index (χ4v) is 6.44. The van der Waals surface area contributed by atoms with Gasteiger partial charge in [-0.15, -0.1) is 22.9 Å². The van der Waals surface area contributed by atoms with E-state index in [2.05, 4.69) is 10.3 Å². The van der Waals surface area contributed by atoms with Crippen LogP contribution in [0.1, 0.15) is 18.0 Å². The molecule has 1 aromatic heterocycles. The Morgan fingerprint density at radius 2 is 2.16 bits per heavy atom. The lowest BCUT2D eigenvalue weighted by atomic mass is 10.2. The van der Waals surface area contributed by atoms with Crippen LogP contribution in [-0.4, -0.2) is 60.7 Å². The van der Waals surface area contributed by atoms with E-state index in [0.29, 0.717) is 0 Å². The summed E-state index contributed by atoms with van der Waals surface area (Å²) in [6.07, 6.45) is 0. The van der Waals surface area contributed by atoms with E-state index in [1.165, 1.54) is 0 Å². The number of aromatic nitrogens is 1. The van der Waals surface area contributed by atoms with Crippen LogP contribution in [0.15, 0.2) is 24.3 Å². The number of fused-ring (bicyclic) bond motifs is 1. The zero-order valence-electron chi connectivity index (χ0n) is 14.0. The van der Waals surface area contributed by atoms with E-state index < -0.39 is 21.3 Å². The number of sulfone groups is 1. The number of carbonyl (C=O) groups is 1. The molecule has 6 nitrogen and oxygen atoms in total. The summed E-state index contributed by atoms with van der Waals surface area (Å²) in [7, 11) is -1.31. The van der Waals surface area contributed by atoms with Crippen molar-refractivity contribution in [3.05, 3.63) is 29.3 Å². The lowest BCUT2D eigenvalue weighted by molar-refractivity contribution is -0.122. The average molecular weight is 402 g/mol. The first-order chi connectivity index (χ1) is 11.7. The number of alkyl halides is 1. The molecule has 136 valence electrons. The molecule has 2 heterocycles. The predicted octanol–water partition coefficient (Wildman–Crippen LogP) is 1.81. The van der Waals surface area contributed by atoms with Crippen LogP contribution in [0.3, 0.4) is 0 Å². The van der Waals surface area contributed by atoms with Gasteiger partial charge in [0.1, 0.15) is 5.01 Å². The van der Waals surface area contributed by atoms with Crippen molar-refractivity contribution in [2.75, 3.05) is 25.1 Å². The van der Waals surface area contributed by atoms with Crippen molar-refractivity contribution in [3.63, 3.8) is 0 Å². The van der Waals surface area contributed by atoms with E-state index in [0.717, 1.165) is 15.2 Å². The number of nitrogens with one attached hydrogen (secondary N) is 1. The molecule has 1 aliphatic heterocycles. The molecule has 1 N–H and O–H groups in total. The second-order valence-electron chi connectivity index (χ2n) is 6.38. The second-order valence-corrected chi connectivity index (χ2v) is 10.2. The molecule has 3 atom stereocenters. The fourth-order valence-electron chi connectivity index (χ4n) is 2.81. The molecule has 0 unspecified atom stereocenters. The molecule has 0 radical (unpaired) electrons. The van der Waals surface area contributed by atoms with E-state index in [4.69, 9.17) is 11.6 Å². The third kappa shape index (κ3) is 4.31. The topological polar surface area (TPSA) is 79.4 Å². The number of rotatable bonds is 5. The quantitative estimate of drug-likeness (QED) is 0.773. The lowest BCUT2D eigenvalue weighted by Gasteiger charge is -2.23. The normalized spacial score (nSPS) is 23.8. The number of nitrogens with zero attached hydrogens (tertiary/aromatic N) is 2. The largest absolute Gasteiger partial charge is 0.350 e. The zero-order valence-corrected chi connectivity index (χ0v) is 16.4. The summed E-state index contributed by atoms with van der Waals surface area (Å²) in [6, 6.07) is 7.37. The molecule has 1 saturated heterocycles. The summed E-state index contributed by atoms with van der Waals surface area (Å²) < 4.78 is 24.3. The van der Waals surface area contributed by atoms with E-state index in [1.54, 1.807) is 11.3 Å². The molecule has 0 spiro atoms. The maximum atomic E-state index is 12.3. The van der Waals surface area contributed by atoms with Gasteiger partial charge in [-0.2, -0.15) is 0 Å². The Hall–Kier alpha value is -1.22. The monoisotopic (exact) mass is 401 g/mol. The number of hydrogen-bond acceptors (Lipinski definition) is 6. The van der Waals surface area contributed by atoms with Crippen molar-refractivity contribution < 1.29 is 13.2 Å². The highest BCUT2D eigenvalue weighted by Gasteiger charge is 2.37. The Kier molecular flexibility index (Phi) is 5.34. The van der Waals surface area contributed by atoms with Gasteiger partial charge >= 0.3 is 0 Å². The van der Waals surface area contributed by atoms with Gasteiger partial charge in [-0.05, 0) is 26.1 Å². The van der Waals surface area contributed by atoms with Crippen LogP contribution < -0.4 is 5.32 Å². The lowest BCUT2D eigenvalue weighted by Crippen LogP contribution is -2.45. The summed E-state index contributed by atoms with van der Waals surface area (Å²) in [4.78, 5) is 18.8. The number of carbonyl (C=O) groups excluding carboxylic acids is 1. The molecular weight excluding hydrogens is 382 g/mol. The minimum Gasteiger partial charge on any atom is -0.350 e. The van der Waals surface area contributed by atoms with Crippen LogP contribution in [0.4, 0.5) is 0 Å². The summed E-state index contributed by atoms with van der Waals surface area (Å²) >= 11 is 7.64. The molecule has 3 rings (SSSR count). The number of hydrogen-bond donors (Lipinski definition) is 1. The number of amides is 1. The Morgan fingerprint density at radius 1 is 1.44 bits per heavy atom. The van der Waals surface area contributed by atoms with Crippen molar-refractivity contribution in [3.8, 4) is 0 Å². The van der Waals surface area contributed by atoms with Crippen molar-refractivity contribution in [2.24, 2.45) is 0 Å². The first kappa shape index (κ1) is 18.6. The fraction of sp³-hybridized carbons (Fsp3) is 0.500. The van der Waals surface area contributed by atoms with E-state index >= 15 is 0 Å². The van der Waals surface area contributed by atoms with Gasteiger partial charge in [0.25, 0.3) is 0 Å². The van der Waals surface area contributed by atoms with E-state index in [1.807, 2.05) is 43.1 Å². The molecule has 25 heavy (non-hydrogen) atoms. The van der Waals surface area contributed by atoms with Gasteiger partial charge in [0.2, 0.25) is 5.91 Å². The van der Waals surface area contributed by atoms with Crippen LogP contribution in [0, 0.1) is 0 Å². The Bertz CT molecular complexity index is 851. The number of benzene rings is 1. The third-order valence-electron chi connectivity index (χ3n) is 4.35. The number of thiazole rings is 1. The van der Waals surface area contributed by atoms with Crippen molar-refractivity contribution in [1.29, 1.82) is 0 Å². The average Bonchev–Trinajstić information content (AvgIpc) is 3.06. The van der Waals surface area contributed by atoms with Gasteiger partial charge < -0.3 is 5.32 Å². The highest BCUT2D eigenvalue weighted by atomic mass is 35.5. The summed E-state index contributed by atoms with van der Waals surface area (Å²) in [5.74, 6) is -0.412. The van der Waals surface area contributed by atoms with Gasteiger partial charge in [-0.3, -0.25) is 9.69 Å². The molecule has 1 amide bonds. The summed E-state index contributed by atoms with van der Waals surface area (Å²) in [6.45, 7) is 2.15. The minimum absolute atomic E-state index is 0.0257. The van der Waals surface area contributed by atoms with Crippen LogP contribution in [0.5, 0.6) is 0 Å². The van der Waals surface area contributed by atoms with Crippen LogP contribution in [-0.2, 0) is 14.6 Å². The molecule has 0 aliphatic carbocycles. The molecule has 1 aliphatic rings. The highest BCUT2D eigenvalue weighted by molar-refractivity contribution is 7.91. The number of likely N-dealkylation sites (N-methyl/N-ethyl adjacent to an activating group) is 1. The number of para-hydroxylation sites is 1. The third-order valence-corrected chi connectivity index (χ3v) is 7.93. The summed E-state index contributed by atoms with van der Waals surface area (Å²) in [5.41, 5.74) is 0.952. The highest BCUT2D eigenvalue weighted by Crippen LogP contribution is 2.28. The Morgan fingerprint density at radius 3 is 2.80 bits per heavy atom. The SMILES string of the molecule is C[C@@H](c1nc2ccccc2s1)N(C)CC(=O)N[C@@H]1CS(=O)(=O)C[C@@H]1Cl. The predicted molar refractivity (Wildman–Crippen MR) is 101 cm³/mol. The van der Waals surface area contributed by atoms with Crippen LogP contribution >= 0.6 is 22.9 Å². The van der Waals surface area contributed by atoms with Gasteiger partial charge in [0, 0.05) is 0 Å². The second kappa shape index (κ2) is 7.19. The maximum Gasteiger partial charge on any atom is 0.234 e. The first-order valence-corrected chi connectivity index (χ1v) is 11.0. The smallest absolute Gasteiger partial charge is 0.234 e. The zero-order chi connectivity index (χ0) is 18.2. The maximum absolute atomic E-state index is 12.3. The summed E-state index contributed by atoms with van der Waals surface area (Å²) in [5, 5.41) is 3.11. The van der Waals surface area contributed by atoms with Crippen molar-refractivity contribution in [1.82, 2.24) is 15.2 Å². The molecule has 0 bridgehead atoms. The molecule has 0 saturated carbocycles. The molecule has 9 heteroatoms. The van der Waals surface area contributed by atoms with Gasteiger partial charge in [0.05, 0.1) is 45.7 Å². The molecule has 2 aromatic rings. The molecule has 1 aromatic carbocycles.